The summed E-state index contributed by atoms with van der Waals surface area (Å²) in [4.78, 5) is 0. The Morgan fingerprint density at radius 2 is 1.80 bits per heavy atom. The van der Waals surface area contributed by atoms with E-state index in [1.807, 2.05) is 27.7 Å². The molecule has 1 aromatic carbocycles. The van der Waals surface area contributed by atoms with Crippen LogP contribution >= 0.6 is 0 Å². The minimum absolute atomic E-state index is 0.129. The zero-order valence-corrected chi connectivity index (χ0v) is 9.66. The van der Waals surface area contributed by atoms with E-state index in [1.165, 1.54) is 6.07 Å². The Kier molecular flexibility index (Phi) is 3.12. The first-order valence-corrected chi connectivity index (χ1v) is 5.06. The van der Waals surface area contributed by atoms with E-state index in [2.05, 4.69) is 0 Å². The minimum Gasteiger partial charge on any atom is -0.504 e. The van der Waals surface area contributed by atoms with E-state index in [0.717, 1.165) is 5.56 Å². The van der Waals surface area contributed by atoms with Gasteiger partial charge in [0.15, 0.2) is 11.5 Å². The van der Waals surface area contributed by atoms with E-state index in [-0.39, 0.29) is 16.9 Å². The first-order valence-electron chi connectivity index (χ1n) is 5.06. The number of hydrogen-bond acceptors (Lipinski definition) is 3. The van der Waals surface area contributed by atoms with Gasteiger partial charge in [-0.2, -0.15) is 0 Å². The molecular formula is C12H18O3. The van der Waals surface area contributed by atoms with Gasteiger partial charge in [0, 0.05) is 5.56 Å². The first-order chi connectivity index (χ1) is 6.88. The average Bonchev–Trinajstić information content (AvgIpc) is 2.11. The number of phenolic OH excluding ortho intramolecular Hbond substituents is 2. The predicted octanol–water partition coefficient (Wildman–Crippen LogP) is 2.79. The van der Waals surface area contributed by atoms with Crippen molar-refractivity contribution in [3.8, 4) is 17.2 Å². The fraction of sp³-hybridized carbons (Fsp3) is 0.500. The molecule has 0 spiro atoms. The fourth-order valence-electron chi connectivity index (χ4n) is 1.44. The van der Waals surface area contributed by atoms with Crippen LogP contribution in [0.2, 0.25) is 0 Å². The largest absolute Gasteiger partial charge is 0.504 e. The highest BCUT2D eigenvalue weighted by Gasteiger charge is 2.23. The van der Waals surface area contributed by atoms with Crippen molar-refractivity contribution < 1.29 is 14.9 Å². The summed E-state index contributed by atoms with van der Waals surface area (Å²) in [6, 6.07) is 3.26. The molecule has 0 heterocycles. The van der Waals surface area contributed by atoms with Crippen LogP contribution in [0.5, 0.6) is 17.2 Å². The molecule has 84 valence electrons. The Labute approximate surface area is 90.3 Å². The maximum absolute atomic E-state index is 9.70. The summed E-state index contributed by atoms with van der Waals surface area (Å²) < 4.78 is 5.37. The van der Waals surface area contributed by atoms with Crippen molar-refractivity contribution >= 4 is 0 Å². The predicted molar refractivity (Wildman–Crippen MR) is 59.6 cm³/mol. The monoisotopic (exact) mass is 210 g/mol. The second-order valence-corrected chi connectivity index (χ2v) is 4.49. The SMILES string of the molecule is CCOc1c(C(C)(C)C)ccc(O)c1O. The van der Waals surface area contributed by atoms with Crippen molar-refractivity contribution in [2.75, 3.05) is 6.61 Å². The van der Waals surface area contributed by atoms with Gasteiger partial charge in [-0.1, -0.05) is 26.8 Å². The van der Waals surface area contributed by atoms with Gasteiger partial charge in [-0.15, -0.1) is 0 Å². The first kappa shape index (κ1) is 11.7. The molecule has 0 aromatic heterocycles. The highest BCUT2D eigenvalue weighted by atomic mass is 16.5. The molecule has 0 bridgehead atoms. The van der Waals surface area contributed by atoms with E-state index in [9.17, 15) is 10.2 Å². The van der Waals surface area contributed by atoms with Crippen molar-refractivity contribution in [2.45, 2.75) is 33.1 Å². The lowest BCUT2D eigenvalue weighted by Gasteiger charge is -2.23. The molecule has 0 saturated carbocycles. The van der Waals surface area contributed by atoms with Gasteiger partial charge in [0.25, 0.3) is 0 Å². The van der Waals surface area contributed by atoms with Crippen LogP contribution in [0.1, 0.15) is 33.3 Å². The van der Waals surface area contributed by atoms with Gasteiger partial charge in [-0.05, 0) is 18.4 Å². The number of hydrogen-bond donors (Lipinski definition) is 2. The van der Waals surface area contributed by atoms with Crippen LogP contribution in [-0.2, 0) is 5.41 Å². The molecule has 1 rings (SSSR count). The second kappa shape index (κ2) is 4.01. The molecule has 0 unspecified atom stereocenters. The van der Waals surface area contributed by atoms with Gasteiger partial charge in [0.05, 0.1) is 6.61 Å². The molecule has 0 aliphatic rings. The maximum atomic E-state index is 9.70. The van der Waals surface area contributed by atoms with E-state index in [1.54, 1.807) is 6.07 Å². The molecule has 0 saturated heterocycles. The molecule has 0 atom stereocenters. The summed E-state index contributed by atoms with van der Waals surface area (Å²) in [5.41, 5.74) is 0.759. The molecule has 0 fully saturated rings. The van der Waals surface area contributed by atoms with Crippen molar-refractivity contribution in [1.29, 1.82) is 0 Å². The summed E-state index contributed by atoms with van der Waals surface area (Å²) >= 11 is 0. The van der Waals surface area contributed by atoms with Gasteiger partial charge in [0.2, 0.25) is 5.75 Å². The molecule has 0 radical (unpaired) electrons. The number of ether oxygens (including phenoxy) is 1. The zero-order chi connectivity index (χ0) is 11.6. The Bertz CT molecular complexity index is 351. The van der Waals surface area contributed by atoms with E-state index >= 15 is 0 Å². The highest BCUT2D eigenvalue weighted by Crippen LogP contribution is 2.42. The van der Waals surface area contributed by atoms with Crippen molar-refractivity contribution in [3.63, 3.8) is 0 Å². The molecular weight excluding hydrogens is 192 g/mol. The van der Waals surface area contributed by atoms with Gasteiger partial charge in [0.1, 0.15) is 0 Å². The summed E-state index contributed by atoms with van der Waals surface area (Å²) in [5.74, 6) is 0.0562. The standard InChI is InChI=1S/C12H18O3/c1-5-15-11-8(12(2,3)4)6-7-9(13)10(11)14/h6-7,13-14H,5H2,1-4H3. The summed E-state index contributed by atoms with van der Waals surface area (Å²) in [6.07, 6.45) is 0. The topological polar surface area (TPSA) is 49.7 Å². The number of aromatic hydroxyl groups is 2. The summed E-state index contributed by atoms with van der Waals surface area (Å²) in [7, 11) is 0. The van der Waals surface area contributed by atoms with E-state index in [4.69, 9.17) is 4.74 Å². The van der Waals surface area contributed by atoms with Crippen LogP contribution in [0.15, 0.2) is 12.1 Å². The van der Waals surface area contributed by atoms with E-state index < -0.39 is 0 Å². The summed E-state index contributed by atoms with van der Waals surface area (Å²) in [6.45, 7) is 8.39. The molecule has 15 heavy (non-hydrogen) atoms. The quantitative estimate of drug-likeness (QED) is 0.738. The smallest absolute Gasteiger partial charge is 0.200 e. The minimum atomic E-state index is -0.177. The Morgan fingerprint density at radius 3 is 2.27 bits per heavy atom. The van der Waals surface area contributed by atoms with Crippen LogP contribution in [-0.4, -0.2) is 16.8 Å². The number of benzene rings is 1. The van der Waals surface area contributed by atoms with Crippen molar-refractivity contribution in [3.05, 3.63) is 17.7 Å². The van der Waals surface area contributed by atoms with Crippen LogP contribution in [0.25, 0.3) is 0 Å². The maximum Gasteiger partial charge on any atom is 0.200 e. The van der Waals surface area contributed by atoms with Gasteiger partial charge < -0.3 is 14.9 Å². The van der Waals surface area contributed by atoms with Crippen LogP contribution in [0.3, 0.4) is 0 Å². The van der Waals surface area contributed by atoms with Crippen LogP contribution in [0.4, 0.5) is 0 Å². The Balaban J connectivity index is 3.33. The van der Waals surface area contributed by atoms with Crippen molar-refractivity contribution in [2.24, 2.45) is 0 Å². The number of rotatable bonds is 2. The molecule has 3 heteroatoms. The Hall–Kier alpha value is -1.38. The highest BCUT2D eigenvalue weighted by molar-refractivity contribution is 5.56. The zero-order valence-electron chi connectivity index (χ0n) is 9.66. The lowest BCUT2D eigenvalue weighted by Crippen LogP contribution is -2.13. The Morgan fingerprint density at radius 1 is 1.20 bits per heavy atom. The van der Waals surface area contributed by atoms with Gasteiger partial charge >= 0.3 is 0 Å². The van der Waals surface area contributed by atoms with E-state index in [0.29, 0.717) is 12.4 Å². The molecule has 1 aromatic rings. The molecule has 0 aliphatic carbocycles. The van der Waals surface area contributed by atoms with Gasteiger partial charge in [-0.25, -0.2) is 0 Å². The summed E-state index contributed by atoms with van der Waals surface area (Å²) in [5, 5.41) is 19.1. The number of phenols is 2. The third kappa shape index (κ3) is 2.35. The third-order valence-electron chi connectivity index (χ3n) is 2.21. The van der Waals surface area contributed by atoms with Crippen LogP contribution < -0.4 is 4.74 Å². The van der Waals surface area contributed by atoms with Crippen LogP contribution in [0, 0.1) is 0 Å². The molecule has 0 aliphatic heterocycles. The lowest BCUT2D eigenvalue weighted by molar-refractivity contribution is 0.300. The van der Waals surface area contributed by atoms with Gasteiger partial charge in [-0.3, -0.25) is 0 Å². The van der Waals surface area contributed by atoms with Crippen molar-refractivity contribution in [1.82, 2.24) is 0 Å². The third-order valence-corrected chi connectivity index (χ3v) is 2.21. The lowest BCUT2D eigenvalue weighted by atomic mass is 9.86. The average molecular weight is 210 g/mol. The molecule has 2 N–H and O–H groups in total. The normalized spacial score (nSPS) is 11.5. The molecule has 3 nitrogen and oxygen atoms in total. The molecule has 0 amide bonds. The fourth-order valence-corrected chi connectivity index (χ4v) is 1.44. The second-order valence-electron chi connectivity index (χ2n) is 4.49.